The minimum atomic E-state index is -0.928. The summed E-state index contributed by atoms with van der Waals surface area (Å²) in [7, 11) is 0. The van der Waals surface area contributed by atoms with Crippen LogP contribution in [0.25, 0.3) is 0 Å². The maximum absolute atomic E-state index is 10.6. The van der Waals surface area contributed by atoms with Crippen LogP contribution in [-0.2, 0) is 9.59 Å². The summed E-state index contributed by atoms with van der Waals surface area (Å²) in [6.45, 7) is 11.3. The first-order valence-corrected chi connectivity index (χ1v) is 10.4. The standard InChI is InChI=1S/2C11H22O2.Mg/c2*1-4-5-6-7-8-9-11(2,3)10(12)13;/h2*4-9H2,1-3H3,(H,12,13);/q;;+2/p-2. The second-order valence-corrected chi connectivity index (χ2v) is 8.67. The third kappa shape index (κ3) is 18.8. The quantitative estimate of drug-likeness (QED) is 0.331. The van der Waals surface area contributed by atoms with Crippen molar-refractivity contribution in [1.82, 2.24) is 0 Å². The summed E-state index contributed by atoms with van der Waals surface area (Å²) >= 11 is 0. The van der Waals surface area contributed by atoms with E-state index in [9.17, 15) is 19.8 Å². The molecule has 0 aliphatic carbocycles. The zero-order chi connectivity index (χ0) is 20.6. The fourth-order valence-electron chi connectivity index (χ4n) is 2.55. The Labute approximate surface area is 184 Å². The van der Waals surface area contributed by atoms with Crippen LogP contribution in [0.5, 0.6) is 0 Å². The molecule has 0 aromatic carbocycles. The van der Waals surface area contributed by atoms with E-state index in [2.05, 4.69) is 13.8 Å². The van der Waals surface area contributed by atoms with Gasteiger partial charge in [-0.1, -0.05) is 106 Å². The molecule has 0 radical (unpaired) electrons. The average Bonchev–Trinajstić information content (AvgIpc) is 2.54. The van der Waals surface area contributed by atoms with Gasteiger partial charge in [0, 0.05) is 22.8 Å². The molecule has 0 fully saturated rings. The van der Waals surface area contributed by atoms with Crippen LogP contribution >= 0.6 is 0 Å². The Morgan fingerprint density at radius 1 is 0.593 bits per heavy atom. The summed E-state index contributed by atoms with van der Waals surface area (Å²) in [5.74, 6) is -1.86. The van der Waals surface area contributed by atoms with Crippen molar-refractivity contribution >= 4 is 35.0 Å². The van der Waals surface area contributed by atoms with Crippen molar-refractivity contribution in [3.05, 3.63) is 0 Å². The Morgan fingerprint density at radius 2 is 0.852 bits per heavy atom. The van der Waals surface area contributed by atoms with Gasteiger partial charge in [-0.25, -0.2) is 0 Å². The Hall–Kier alpha value is -0.294. The monoisotopic (exact) mass is 394 g/mol. The Balaban J connectivity index is -0.000000411. The van der Waals surface area contributed by atoms with Gasteiger partial charge in [0.15, 0.2) is 0 Å². The molecule has 0 rings (SSSR count). The number of rotatable bonds is 14. The van der Waals surface area contributed by atoms with E-state index in [0.717, 1.165) is 38.5 Å². The summed E-state index contributed by atoms with van der Waals surface area (Å²) < 4.78 is 0. The maximum atomic E-state index is 10.6. The second kappa shape index (κ2) is 17.8. The molecular weight excluding hydrogens is 353 g/mol. The van der Waals surface area contributed by atoms with Gasteiger partial charge in [-0.2, -0.15) is 0 Å². The van der Waals surface area contributed by atoms with Crippen LogP contribution in [0.2, 0.25) is 0 Å². The number of aliphatic carboxylic acids is 2. The van der Waals surface area contributed by atoms with Gasteiger partial charge >= 0.3 is 23.1 Å². The molecule has 0 heterocycles. The first-order valence-electron chi connectivity index (χ1n) is 10.4. The molecule has 156 valence electrons. The van der Waals surface area contributed by atoms with Crippen LogP contribution in [0.3, 0.4) is 0 Å². The fourth-order valence-corrected chi connectivity index (χ4v) is 2.55. The normalized spacial score (nSPS) is 11.2. The van der Waals surface area contributed by atoms with Crippen LogP contribution in [0, 0.1) is 10.8 Å². The summed E-state index contributed by atoms with van der Waals surface area (Å²) in [5.41, 5.74) is -1.29. The third-order valence-corrected chi connectivity index (χ3v) is 4.92. The van der Waals surface area contributed by atoms with Gasteiger partial charge in [0.2, 0.25) is 0 Å². The van der Waals surface area contributed by atoms with E-state index in [1.807, 2.05) is 0 Å². The topological polar surface area (TPSA) is 80.3 Å². The third-order valence-electron chi connectivity index (χ3n) is 4.92. The summed E-state index contributed by atoms with van der Waals surface area (Å²) in [5, 5.41) is 21.3. The number of unbranched alkanes of at least 4 members (excludes halogenated alkanes) is 8. The van der Waals surface area contributed by atoms with Crippen molar-refractivity contribution in [2.24, 2.45) is 10.8 Å². The van der Waals surface area contributed by atoms with Crippen molar-refractivity contribution in [2.75, 3.05) is 0 Å². The molecule has 0 bridgehead atoms. The Morgan fingerprint density at radius 3 is 1.07 bits per heavy atom. The van der Waals surface area contributed by atoms with Crippen molar-refractivity contribution in [3.8, 4) is 0 Å². The van der Waals surface area contributed by atoms with Crippen LogP contribution in [0.15, 0.2) is 0 Å². The van der Waals surface area contributed by atoms with Gasteiger partial charge in [-0.05, 0) is 12.8 Å². The van der Waals surface area contributed by atoms with E-state index >= 15 is 0 Å². The molecule has 4 nitrogen and oxygen atoms in total. The molecular formula is C22H42MgO4. The molecule has 0 aliphatic rings. The maximum Gasteiger partial charge on any atom is 2.00 e. The molecule has 0 spiro atoms. The SMILES string of the molecule is CCCCCCCC(C)(C)C(=O)[O-].CCCCCCCC(C)(C)C(=O)[O-].[Mg+2]. The van der Waals surface area contributed by atoms with E-state index in [4.69, 9.17) is 0 Å². The molecule has 0 atom stereocenters. The molecule has 5 heteroatoms. The number of carboxylic acids is 2. The van der Waals surface area contributed by atoms with Gasteiger partial charge in [0.1, 0.15) is 0 Å². The van der Waals surface area contributed by atoms with Crippen LogP contribution in [0.1, 0.15) is 119 Å². The number of hydrogen-bond donors (Lipinski definition) is 0. The van der Waals surface area contributed by atoms with Gasteiger partial charge in [0.25, 0.3) is 0 Å². The Kier molecular flexibility index (Phi) is 20.7. The minimum Gasteiger partial charge on any atom is -0.550 e. The van der Waals surface area contributed by atoms with Crippen molar-refractivity contribution < 1.29 is 19.8 Å². The van der Waals surface area contributed by atoms with Gasteiger partial charge in [0.05, 0.1) is 0 Å². The number of carbonyl (C=O) groups is 2. The van der Waals surface area contributed by atoms with Gasteiger partial charge in [-0.15, -0.1) is 0 Å². The summed E-state index contributed by atoms with van der Waals surface area (Å²) in [6, 6.07) is 0. The summed E-state index contributed by atoms with van der Waals surface area (Å²) in [4.78, 5) is 21.3. The first kappa shape index (κ1) is 31.4. The fraction of sp³-hybridized carbons (Fsp3) is 0.909. The van der Waals surface area contributed by atoms with E-state index in [1.165, 1.54) is 38.5 Å². The predicted molar refractivity (Wildman–Crippen MR) is 110 cm³/mol. The first-order chi connectivity index (χ1) is 12.0. The molecule has 0 saturated carbocycles. The van der Waals surface area contributed by atoms with E-state index in [0.29, 0.717) is 0 Å². The van der Waals surface area contributed by atoms with Crippen LogP contribution < -0.4 is 10.2 Å². The summed E-state index contributed by atoms with van der Waals surface area (Å²) in [6.07, 6.45) is 13.2. The van der Waals surface area contributed by atoms with E-state index in [1.54, 1.807) is 27.7 Å². The van der Waals surface area contributed by atoms with Gasteiger partial charge < -0.3 is 19.8 Å². The average molecular weight is 395 g/mol. The molecule has 0 aromatic rings. The Bertz CT molecular complexity index is 343. The van der Waals surface area contributed by atoms with Crippen LogP contribution in [-0.4, -0.2) is 35.0 Å². The van der Waals surface area contributed by atoms with E-state index in [-0.39, 0.29) is 23.1 Å². The van der Waals surface area contributed by atoms with Crippen LogP contribution in [0.4, 0.5) is 0 Å². The molecule has 0 aromatic heterocycles. The molecule has 0 aliphatic heterocycles. The molecule has 0 amide bonds. The van der Waals surface area contributed by atoms with Crippen molar-refractivity contribution in [3.63, 3.8) is 0 Å². The second-order valence-electron chi connectivity index (χ2n) is 8.67. The molecule has 27 heavy (non-hydrogen) atoms. The number of hydrogen-bond acceptors (Lipinski definition) is 4. The van der Waals surface area contributed by atoms with Crippen molar-refractivity contribution in [2.45, 2.75) is 119 Å². The smallest absolute Gasteiger partial charge is 0.550 e. The minimum absolute atomic E-state index is 0. The predicted octanol–water partition coefficient (Wildman–Crippen LogP) is 3.87. The van der Waals surface area contributed by atoms with Gasteiger partial charge in [-0.3, -0.25) is 0 Å². The zero-order valence-electron chi connectivity index (χ0n) is 18.8. The number of carbonyl (C=O) groups excluding carboxylic acids is 2. The molecule has 0 saturated heterocycles. The van der Waals surface area contributed by atoms with E-state index < -0.39 is 22.8 Å². The molecule has 0 unspecified atom stereocenters. The largest absolute Gasteiger partial charge is 2.00 e. The zero-order valence-corrected chi connectivity index (χ0v) is 20.2. The molecule has 0 N–H and O–H groups in total. The van der Waals surface area contributed by atoms with Crippen molar-refractivity contribution in [1.29, 1.82) is 0 Å². The number of carboxylic acid groups (broad SMARTS) is 2.